The van der Waals surface area contributed by atoms with Crippen LogP contribution in [0.5, 0.6) is 0 Å². The lowest BCUT2D eigenvalue weighted by atomic mass is 9.72. The first-order valence-corrected chi connectivity index (χ1v) is 13.6. The number of likely N-dealkylation sites (tertiary alicyclic amines) is 1. The minimum absolute atomic E-state index is 0.112. The van der Waals surface area contributed by atoms with Crippen LogP contribution in [0, 0.1) is 11.8 Å². The van der Waals surface area contributed by atoms with Crippen LogP contribution in [0.4, 0.5) is 14.5 Å². The topological polar surface area (TPSA) is 54.0 Å². The van der Waals surface area contributed by atoms with E-state index >= 15 is 0 Å². The molecule has 2 aliphatic carbocycles. The summed E-state index contributed by atoms with van der Waals surface area (Å²) in [7, 11) is -0.478. The highest BCUT2D eigenvalue weighted by Gasteiger charge is 2.72. The number of anilines is 1. The number of hydrogen-bond donors (Lipinski definition) is 1. The van der Waals surface area contributed by atoms with Crippen molar-refractivity contribution in [1.82, 2.24) is 10.2 Å². The van der Waals surface area contributed by atoms with Crippen LogP contribution in [-0.2, 0) is 19.5 Å². The Morgan fingerprint density at radius 3 is 2.19 bits per heavy atom. The zero-order valence-corrected chi connectivity index (χ0v) is 21.7. The molecule has 2 atom stereocenters. The lowest BCUT2D eigenvalue weighted by molar-refractivity contribution is -0.125. The molecule has 1 N–H and O–H groups in total. The van der Waals surface area contributed by atoms with Crippen LogP contribution in [-0.4, -0.2) is 73.3 Å². The van der Waals surface area contributed by atoms with Crippen molar-refractivity contribution in [3.8, 4) is 0 Å². The molecule has 2 saturated carbocycles. The van der Waals surface area contributed by atoms with E-state index in [0.29, 0.717) is 19.1 Å². The molecule has 0 aromatic heterocycles. The second-order valence-corrected chi connectivity index (χ2v) is 13.0. The quantitative estimate of drug-likeness (QED) is 0.649. The Balaban J connectivity index is 1.16. The molecule has 1 aromatic carbocycles. The number of benzene rings is 1. The molecule has 4 heterocycles. The van der Waals surface area contributed by atoms with Crippen molar-refractivity contribution < 1.29 is 22.9 Å². The SMILES string of the molecule is CC1(C)OB(c2ccc3c(c2)N([C@H]2C[C@@H](N4CC5C(C4)C5(F)F)C2)C(=O)C32CCNCC2)OC1(C)C. The van der Waals surface area contributed by atoms with Crippen molar-refractivity contribution >= 4 is 24.2 Å². The molecule has 1 amide bonds. The van der Waals surface area contributed by atoms with Gasteiger partial charge in [0.1, 0.15) is 0 Å². The number of halogens is 2. The van der Waals surface area contributed by atoms with Crippen LogP contribution >= 0.6 is 0 Å². The summed E-state index contributed by atoms with van der Waals surface area (Å²) < 4.78 is 40.0. The number of piperidine rings is 2. The first-order chi connectivity index (χ1) is 16.9. The number of fused-ring (bicyclic) bond motifs is 3. The van der Waals surface area contributed by atoms with Crippen LogP contribution in [0.15, 0.2) is 18.2 Å². The highest BCUT2D eigenvalue weighted by molar-refractivity contribution is 6.62. The zero-order valence-electron chi connectivity index (χ0n) is 21.7. The Bertz CT molecular complexity index is 1090. The van der Waals surface area contributed by atoms with E-state index in [1.54, 1.807) is 0 Å². The summed E-state index contributed by atoms with van der Waals surface area (Å²) in [4.78, 5) is 18.4. The van der Waals surface area contributed by atoms with Crippen molar-refractivity contribution in [2.24, 2.45) is 11.8 Å². The van der Waals surface area contributed by atoms with Crippen molar-refractivity contribution in [3.05, 3.63) is 23.8 Å². The van der Waals surface area contributed by atoms with Crippen LogP contribution < -0.4 is 15.7 Å². The summed E-state index contributed by atoms with van der Waals surface area (Å²) in [5.41, 5.74) is 1.72. The fourth-order valence-corrected chi connectivity index (χ4v) is 7.34. The average Bonchev–Trinajstić information content (AvgIpc) is 3.13. The Morgan fingerprint density at radius 1 is 0.972 bits per heavy atom. The summed E-state index contributed by atoms with van der Waals surface area (Å²) in [6.07, 6.45) is 3.30. The molecule has 4 aliphatic heterocycles. The smallest absolute Gasteiger partial charge is 0.399 e. The summed E-state index contributed by atoms with van der Waals surface area (Å²) in [6, 6.07) is 6.73. The summed E-state index contributed by atoms with van der Waals surface area (Å²) in [5.74, 6) is -3.14. The third-order valence-electron chi connectivity index (χ3n) is 10.6. The number of nitrogens with one attached hydrogen (secondary N) is 1. The number of alkyl halides is 2. The van der Waals surface area contributed by atoms with Crippen LogP contribution in [0.3, 0.4) is 0 Å². The molecular weight excluding hydrogens is 463 g/mol. The second kappa shape index (κ2) is 7.30. The van der Waals surface area contributed by atoms with Crippen LogP contribution in [0.2, 0.25) is 0 Å². The van der Waals surface area contributed by atoms with Crippen LogP contribution in [0.25, 0.3) is 0 Å². The van der Waals surface area contributed by atoms with E-state index in [2.05, 4.69) is 33.3 Å². The Labute approximate surface area is 212 Å². The number of carbonyl (C=O) groups excluding carboxylic acids is 1. The molecule has 194 valence electrons. The fraction of sp³-hybridized carbons (Fsp3) is 0.741. The van der Waals surface area contributed by atoms with Gasteiger partial charge in [-0.25, -0.2) is 8.78 Å². The van der Waals surface area contributed by atoms with Gasteiger partial charge in [0.2, 0.25) is 5.91 Å². The molecule has 1 aromatic rings. The summed E-state index contributed by atoms with van der Waals surface area (Å²) >= 11 is 0. The molecule has 2 unspecified atom stereocenters. The van der Waals surface area contributed by atoms with E-state index in [4.69, 9.17) is 9.31 Å². The third-order valence-corrected chi connectivity index (χ3v) is 10.6. The number of hydrogen-bond acceptors (Lipinski definition) is 5. The average molecular weight is 499 g/mol. The number of nitrogens with zero attached hydrogens (tertiary/aromatic N) is 2. The first-order valence-electron chi connectivity index (χ1n) is 13.6. The highest BCUT2D eigenvalue weighted by Crippen LogP contribution is 2.60. The van der Waals surface area contributed by atoms with Gasteiger partial charge in [-0.05, 0) is 83.6 Å². The molecule has 1 spiro atoms. The van der Waals surface area contributed by atoms with Crippen molar-refractivity contribution in [3.63, 3.8) is 0 Å². The van der Waals surface area contributed by atoms with E-state index in [9.17, 15) is 13.6 Å². The first kappa shape index (κ1) is 23.6. The van der Waals surface area contributed by atoms with E-state index in [0.717, 1.165) is 55.5 Å². The largest absolute Gasteiger partial charge is 0.494 e. The maximum atomic E-state index is 14.1. The van der Waals surface area contributed by atoms with Gasteiger partial charge in [0, 0.05) is 42.7 Å². The maximum Gasteiger partial charge on any atom is 0.494 e. The normalized spacial score (nSPS) is 37.2. The Hall–Kier alpha value is -1.55. The minimum Gasteiger partial charge on any atom is -0.399 e. The monoisotopic (exact) mass is 499 g/mol. The predicted molar refractivity (Wildman–Crippen MR) is 134 cm³/mol. The number of amides is 1. The molecule has 36 heavy (non-hydrogen) atoms. The molecule has 3 saturated heterocycles. The zero-order chi connectivity index (χ0) is 25.3. The standard InChI is InChI=1S/C27H36BF2N3O3/c1-24(2)25(3,4)36-28(35-24)16-5-6-19-22(11-16)33(23(34)26(19)7-9-31-10-8-26)18-12-17(13-18)32-14-20-21(15-32)27(20,29)30/h5-6,11,17-18,20-21,31H,7-10,12-15H2,1-4H3/t17-,18+,20?,21?. The number of rotatable bonds is 3. The van der Waals surface area contributed by atoms with Gasteiger partial charge in [0.15, 0.2) is 0 Å². The third kappa shape index (κ3) is 3.06. The second-order valence-electron chi connectivity index (χ2n) is 13.0. The van der Waals surface area contributed by atoms with Gasteiger partial charge in [0.05, 0.1) is 16.6 Å². The Kier molecular flexibility index (Phi) is 4.78. The van der Waals surface area contributed by atoms with Gasteiger partial charge < -0.3 is 19.5 Å². The molecule has 7 rings (SSSR count). The maximum absolute atomic E-state index is 14.1. The minimum atomic E-state index is -2.45. The van der Waals surface area contributed by atoms with Crippen molar-refractivity contribution in [1.29, 1.82) is 0 Å². The van der Waals surface area contributed by atoms with Gasteiger partial charge in [-0.2, -0.15) is 0 Å². The fourth-order valence-electron chi connectivity index (χ4n) is 7.34. The van der Waals surface area contributed by atoms with Gasteiger partial charge in [0.25, 0.3) is 5.92 Å². The Morgan fingerprint density at radius 2 is 1.58 bits per heavy atom. The highest BCUT2D eigenvalue weighted by atomic mass is 19.3. The van der Waals surface area contributed by atoms with Gasteiger partial charge in [-0.3, -0.25) is 9.69 Å². The molecule has 6 nitrogen and oxygen atoms in total. The van der Waals surface area contributed by atoms with E-state index in [-0.39, 0.29) is 11.9 Å². The summed E-state index contributed by atoms with van der Waals surface area (Å²) in [5, 5.41) is 3.41. The van der Waals surface area contributed by atoms with Gasteiger partial charge in [-0.15, -0.1) is 0 Å². The molecule has 5 fully saturated rings. The molecule has 6 aliphatic rings. The predicted octanol–water partition coefficient (Wildman–Crippen LogP) is 2.68. The molecule has 9 heteroatoms. The lowest BCUT2D eigenvalue weighted by Crippen LogP contribution is -2.57. The van der Waals surface area contributed by atoms with Crippen LogP contribution in [0.1, 0.15) is 58.9 Å². The van der Waals surface area contributed by atoms with E-state index in [1.165, 1.54) is 0 Å². The van der Waals surface area contributed by atoms with Gasteiger partial charge in [-0.1, -0.05) is 12.1 Å². The van der Waals surface area contributed by atoms with E-state index < -0.39 is 41.5 Å². The van der Waals surface area contributed by atoms with Crippen molar-refractivity contribution in [2.45, 2.75) is 88.0 Å². The van der Waals surface area contributed by atoms with E-state index in [1.807, 2.05) is 27.7 Å². The molecular formula is C27H36BF2N3O3. The molecule has 0 bridgehead atoms. The molecule has 0 radical (unpaired) electrons. The van der Waals surface area contributed by atoms with Crippen molar-refractivity contribution in [2.75, 3.05) is 31.1 Å². The summed E-state index contributed by atoms with van der Waals surface area (Å²) in [6.45, 7) is 10.9. The number of carbonyl (C=O) groups is 1. The van der Waals surface area contributed by atoms with Gasteiger partial charge >= 0.3 is 7.12 Å². The lowest BCUT2D eigenvalue weighted by Gasteiger charge is -2.46.